The number of benzene rings is 3. The second-order valence-corrected chi connectivity index (χ2v) is 7.22. The van der Waals surface area contributed by atoms with Gasteiger partial charge in [0.15, 0.2) is 0 Å². The molecule has 3 aromatic rings. The lowest BCUT2D eigenvalue weighted by Gasteiger charge is -2.38. The molecule has 0 aliphatic heterocycles. The third kappa shape index (κ3) is 4.32. The minimum atomic E-state index is -0.532. The number of fused-ring (bicyclic) bond motifs is 1. The van der Waals surface area contributed by atoms with Crippen molar-refractivity contribution in [3.05, 3.63) is 72.3 Å². The first-order chi connectivity index (χ1) is 13.1. The second kappa shape index (κ2) is 8.55. The normalized spacial score (nSPS) is 12.9. The Bertz CT molecular complexity index is 886. The predicted octanol–water partition coefficient (Wildman–Crippen LogP) is 4.94. The Kier molecular flexibility index (Phi) is 6.15. The molecule has 0 aromatic heterocycles. The first kappa shape index (κ1) is 19.4. The number of aliphatic hydroxyl groups is 1. The quantitative estimate of drug-likeness (QED) is 0.574. The zero-order valence-corrected chi connectivity index (χ0v) is 16.6. The van der Waals surface area contributed by atoms with Crippen molar-refractivity contribution in [1.29, 1.82) is 0 Å². The van der Waals surface area contributed by atoms with Crippen LogP contribution in [0.3, 0.4) is 0 Å². The van der Waals surface area contributed by atoms with E-state index in [1.807, 2.05) is 24.3 Å². The van der Waals surface area contributed by atoms with Gasteiger partial charge >= 0.3 is 0 Å². The molecule has 1 N–H and O–H groups in total. The number of para-hydroxylation sites is 1. The van der Waals surface area contributed by atoms with E-state index in [9.17, 15) is 5.11 Å². The van der Waals surface area contributed by atoms with Gasteiger partial charge in [0.05, 0.1) is 13.1 Å². The van der Waals surface area contributed by atoms with Crippen LogP contribution in [0.5, 0.6) is 5.75 Å². The summed E-state index contributed by atoms with van der Waals surface area (Å²) in [5.41, 5.74) is 2.55. The van der Waals surface area contributed by atoms with E-state index in [0.29, 0.717) is 13.2 Å². The number of nitrogens with zero attached hydrogens (tertiary/aromatic N) is 1. The molecule has 27 heavy (non-hydrogen) atoms. The summed E-state index contributed by atoms with van der Waals surface area (Å²) in [6, 6.07) is 22.8. The van der Waals surface area contributed by atoms with Crippen LogP contribution in [0.2, 0.25) is 0 Å². The summed E-state index contributed by atoms with van der Waals surface area (Å²) in [6.07, 6.45) is -0.532. The Morgan fingerprint density at radius 3 is 2.26 bits per heavy atom. The van der Waals surface area contributed by atoms with Crippen LogP contribution in [-0.2, 0) is 0 Å². The van der Waals surface area contributed by atoms with E-state index in [2.05, 4.69) is 63.2 Å². The number of hydrogen-bond donors (Lipinski definition) is 1. The molecule has 0 saturated heterocycles. The van der Waals surface area contributed by atoms with Crippen LogP contribution >= 0.6 is 0 Å². The maximum Gasteiger partial charge on any atom is 0.137 e. The highest BCUT2D eigenvalue weighted by molar-refractivity contribution is 5.83. The molecule has 1 unspecified atom stereocenters. The van der Waals surface area contributed by atoms with E-state index in [0.717, 1.165) is 28.7 Å². The first-order valence-corrected chi connectivity index (χ1v) is 9.80. The largest absolute Gasteiger partial charge is 0.491 e. The molecule has 0 saturated carbocycles. The van der Waals surface area contributed by atoms with Crippen LogP contribution in [0.1, 0.15) is 19.4 Å². The van der Waals surface area contributed by atoms with Gasteiger partial charge in [-0.15, -0.1) is 0 Å². The molecule has 3 rings (SSSR count). The lowest BCUT2D eigenvalue weighted by Crippen LogP contribution is -2.54. The van der Waals surface area contributed by atoms with Gasteiger partial charge in [-0.1, -0.05) is 48.5 Å². The third-order valence-corrected chi connectivity index (χ3v) is 5.56. The Labute approximate surface area is 162 Å². The summed E-state index contributed by atoms with van der Waals surface area (Å²) in [4.78, 5) is 0. The fourth-order valence-corrected chi connectivity index (χ4v) is 3.92. The number of quaternary nitrogens is 1. The highest BCUT2D eigenvalue weighted by Crippen LogP contribution is 2.27. The minimum Gasteiger partial charge on any atom is -0.491 e. The smallest absolute Gasteiger partial charge is 0.137 e. The summed E-state index contributed by atoms with van der Waals surface area (Å²) < 4.78 is 6.68. The molecular weight excluding hydrogens is 334 g/mol. The van der Waals surface area contributed by atoms with Crippen molar-refractivity contribution in [3.8, 4) is 5.75 Å². The van der Waals surface area contributed by atoms with E-state index in [1.165, 1.54) is 16.6 Å². The van der Waals surface area contributed by atoms with Gasteiger partial charge in [-0.05, 0) is 49.7 Å². The molecule has 1 atom stereocenters. The van der Waals surface area contributed by atoms with E-state index < -0.39 is 6.10 Å². The predicted molar refractivity (Wildman–Crippen MR) is 114 cm³/mol. The lowest BCUT2D eigenvalue weighted by molar-refractivity contribution is 0.0730. The zero-order valence-electron chi connectivity index (χ0n) is 16.6. The van der Waals surface area contributed by atoms with Crippen molar-refractivity contribution >= 4 is 16.5 Å². The standard InChI is InChI=1S/C24H30NO2/c1-4-25(5-2,24-13-9-6-10-19(24)3)17-22(26)18-27-23-15-14-20-11-7-8-12-21(20)16-23/h6-16,22,26H,4-5,17-18H2,1-3H3/q+1. The summed E-state index contributed by atoms with van der Waals surface area (Å²) in [5.74, 6) is 0.801. The van der Waals surface area contributed by atoms with Crippen LogP contribution in [0.4, 0.5) is 5.69 Å². The molecule has 3 aromatic carbocycles. The average Bonchev–Trinajstić information content (AvgIpc) is 2.71. The van der Waals surface area contributed by atoms with Gasteiger partial charge < -0.3 is 9.84 Å². The SMILES string of the molecule is CC[N+](CC)(CC(O)COc1ccc2ccccc2c1)c1ccccc1C. The van der Waals surface area contributed by atoms with Crippen LogP contribution in [0.15, 0.2) is 66.7 Å². The number of aryl methyl sites for hydroxylation is 1. The second-order valence-electron chi connectivity index (χ2n) is 7.22. The third-order valence-electron chi connectivity index (χ3n) is 5.56. The summed E-state index contributed by atoms with van der Waals surface area (Å²) in [6.45, 7) is 9.34. The topological polar surface area (TPSA) is 29.5 Å². The Balaban J connectivity index is 1.70. The Morgan fingerprint density at radius 1 is 0.889 bits per heavy atom. The summed E-state index contributed by atoms with van der Waals surface area (Å²) >= 11 is 0. The molecule has 0 spiro atoms. The number of rotatable bonds is 8. The fourth-order valence-electron chi connectivity index (χ4n) is 3.92. The van der Waals surface area contributed by atoms with Gasteiger partial charge in [0.25, 0.3) is 0 Å². The highest BCUT2D eigenvalue weighted by Gasteiger charge is 2.31. The Morgan fingerprint density at radius 2 is 1.56 bits per heavy atom. The molecule has 0 amide bonds. The number of ether oxygens (including phenoxy) is 1. The molecule has 3 heteroatoms. The van der Waals surface area contributed by atoms with Gasteiger partial charge in [-0.2, -0.15) is 0 Å². The maximum atomic E-state index is 10.7. The van der Waals surface area contributed by atoms with Crippen LogP contribution in [0.25, 0.3) is 10.8 Å². The van der Waals surface area contributed by atoms with Crippen LogP contribution in [-0.4, -0.2) is 37.5 Å². The van der Waals surface area contributed by atoms with Gasteiger partial charge in [-0.25, -0.2) is 0 Å². The molecule has 0 fully saturated rings. The van der Waals surface area contributed by atoms with Crippen LogP contribution in [0, 0.1) is 6.92 Å². The van der Waals surface area contributed by atoms with Crippen molar-refractivity contribution < 1.29 is 9.84 Å². The number of aliphatic hydroxyl groups excluding tert-OH is 1. The molecule has 0 radical (unpaired) electrons. The van der Waals surface area contributed by atoms with E-state index in [4.69, 9.17) is 4.74 Å². The van der Waals surface area contributed by atoms with E-state index in [-0.39, 0.29) is 0 Å². The molecule has 0 aliphatic rings. The fraction of sp³-hybridized carbons (Fsp3) is 0.333. The molecule has 0 heterocycles. The summed E-state index contributed by atoms with van der Waals surface area (Å²) in [5, 5.41) is 13.1. The van der Waals surface area contributed by atoms with Gasteiger partial charge in [-0.3, -0.25) is 4.48 Å². The lowest BCUT2D eigenvalue weighted by atomic mass is 10.1. The minimum absolute atomic E-state index is 0.296. The maximum absolute atomic E-state index is 10.7. The molecule has 0 bridgehead atoms. The highest BCUT2D eigenvalue weighted by atomic mass is 16.5. The molecular formula is C24H30NO2+. The number of hydrogen-bond acceptors (Lipinski definition) is 2. The van der Waals surface area contributed by atoms with Crippen molar-refractivity contribution in [2.24, 2.45) is 0 Å². The number of likely N-dealkylation sites (N-methyl/N-ethyl adjacent to an activating group) is 1. The van der Waals surface area contributed by atoms with Crippen molar-refractivity contribution in [1.82, 2.24) is 4.48 Å². The van der Waals surface area contributed by atoms with Crippen molar-refractivity contribution in [2.45, 2.75) is 26.9 Å². The first-order valence-electron chi connectivity index (χ1n) is 9.80. The monoisotopic (exact) mass is 364 g/mol. The Hall–Kier alpha value is -2.36. The van der Waals surface area contributed by atoms with Gasteiger partial charge in [0.2, 0.25) is 0 Å². The molecule has 3 nitrogen and oxygen atoms in total. The zero-order chi connectivity index (χ0) is 19.3. The van der Waals surface area contributed by atoms with Crippen molar-refractivity contribution in [3.63, 3.8) is 0 Å². The van der Waals surface area contributed by atoms with Gasteiger partial charge in [0.1, 0.15) is 30.7 Å². The molecule has 0 aliphatic carbocycles. The molecule has 142 valence electrons. The average molecular weight is 365 g/mol. The van der Waals surface area contributed by atoms with E-state index in [1.54, 1.807) is 0 Å². The van der Waals surface area contributed by atoms with Crippen LogP contribution < -0.4 is 9.22 Å². The van der Waals surface area contributed by atoms with E-state index >= 15 is 0 Å². The van der Waals surface area contributed by atoms with Crippen molar-refractivity contribution in [2.75, 3.05) is 26.2 Å². The summed E-state index contributed by atoms with van der Waals surface area (Å²) in [7, 11) is 0. The van der Waals surface area contributed by atoms with Gasteiger partial charge in [0, 0.05) is 5.56 Å².